The van der Waals surface area contributed by atoms with Crippen LogP contribution in [-0.4, -0.2) is 64.7 Å². The molecule has 0 saturated carbocycles. The first-order valence-electron chi connectivity index (χ1n) is 11.5. The summed E-state index contributed by atoms with van der Waals surface area (Å²) in [6, 6.07) is 10.0. The molecule has 4 heterocycles. The molecule has 3 aliphatic heterocycles. The first-order valence-corrected chi connectivity index (χ1v) is 12.5. The number of fused-ring (bicyclic) bond motifs is 3. The Labute approximate surface area is 206 Å². The molecule has 2 aromatic rings. The number of nitrogens with zero attached hydrogens (tertiary/aromatic N) is 3. The van der Waals surface area contributed by atoms with E-state index in [4.69, 9.17) is 9.15 Å². The monoisotopic (exact) mass is 495 g/mol. The van der Waals surface area contributed by atoms with E-state index in [1.165, 1.54) is 22.9 Å². The van der Waals surface area contributed by atoms with E-state index in [2.05, 4.69) is 20.6 Å². The van der Waals surface area contributed by atoms with Crippen LogP contribution in [0.1, 0.15) is 30.6 Å². The maximum absolute atomic E-state index is 13.3. The van der Waals surface area contributed by atoms with Crippen molar-refractivity contribution in [2.45, 2.75) is 38.0 Å². The summed E-state index contributed by atoms with van der Waals surface area (Å²) in [5, 5.41) is 6.00. The Morgan fingerprint density at radius 3 is 2.83 bits per heavy atom. The van der Waals surface area contributed by atoms with Gasteiger partial charge in [-0.05, 0) is 37.1 Å². The lowest BCUT2D eigenvalue weighted by atomic mass is 10.1. The van der Waals surface area contributed by atoms with Crippen molar-refractivity contribution in [3.8, 4) is 0 Å². The Kier molecular flexibility index (Phi) is 6.96. The van der Waals surface area contributed by atoms with Gasteiger partial charge in [-0.2, -0.15) is 0 Å². The summed E-state index contributed by atoms with van der Waals surface area (Å²) >= 11 is 1.17. The highest BCUT2D eigenvalue weighted by molar-refractivity contribution is 8.14. The number of hydrogen-bond donors (Lipinski definition) is 2. The molecule has 0 unspecified atom stereocenters. The highest BCUT2D eigenvalue weighted by Crippen LogP contribution is 2.34. The molecule has 1 aromatic carbocycles. The van der Waals surface area contributed by atoms with Crippen molar-refractivity contribution in [3.63, 3.8) is 0 Å². The van der Waals surface area contributed by atoms with E-state index in [0.717, 1.165) is 19.4 Å². The van der Waals surface area contributed by atoms with Crippen molar-refractivity contribution < 1.29 is 23.5 Å². The van der Waals surface area contributed by atoms with Crippen LogP contribution in [0.25, 0.3) is 0 Å². The summed E-state index contributed by atoms with van der Waals surface area (Å²) in [7, 11) is 0. The fourth-order valence-electron chi connectivity index (χ4n) is 4.09. The third kappa shape index (κ3) is 5.30. The number of amides is 3. The zero-order valence-corrected chi connectivity index (χ0v) is 19.8. The number of furan rings is 1. The molecule has 5 rings (SSSR count). The van der Waals surface area contributed by atoms with E-state index in [1.54, 1.807) is 12.1 Å². The summed E-state index contributed by atoms with van der Waals surface area (Å²) in [6.45, 7) is 1.44. The van der Waals surface area contributed by atoms with Crippen LogP contribution in [0.15, 0.2) is 57.1 Å². The molecule has 10 nitrogen and oxygen atoms in total. The maximum Gasteiger partial charge on any atom is 0.259 e. The SMILES string of the molecule is O=C(CSC1=Nc2ccccc2C2=N[C@@H](CC(=O)NCc3ccco3)C(=O)N12)NC[C@H]1CCCO1. The minimum absolute atomic E-state index is 0.0569. The highest BCUT2D eigenvalue weighted by Gasteiger charge is 2.42. The fraction of sp³-hybridized carbons (Fsp3) is 0.375. The second kappa shape index (κ2) is 10.4. The number of aliphatic imine (C=N–C) groups is 2. The van der Waals surface area contributed by atoms with Crippen LogP contribution in [0.3, 0.4) is 0 Å². The van der Waals surface area contributed by atoms with Crippen molar-refractivity contribution in [1.82, 2.24) is 15.5 Å². The maximum atomic E-state index is 13.3. The molecule has 2 N–H and O–H groups in total. The molecule has 11 heteroatoms. The van der Waals surface area contributed by atoms with E-state index in [-0.39, 0.29) is 42.5 Å². The number of hydrogen-bond acceptors (Lipinski definition) is 8. The van der Waals surface area contributed by atoms with Gasteiger partial charge in [0.05, 0.1) is 36.8 Å². The lowest BCUT2D eigenvalue weighted by Crippen LogP contribution is -2.42. The predicted octanol–water partition coefficient (Wildman–Crippen LogP) is 1.97. The quantitative estimate of drug-likeness (QED) is 0.577. The second-order valence-corrected chi connectivity index (χ2v) is 9.28. The molecule has 0 radical (unpaired) electrons. The van der Waals surface area contributed by atoms with E-state index >= 15 is 0 Å². The third-order valence-electron chi connectivity index (χ3n) is 5.85. The summed E-state index contributed by atoms with van der Waals surface area (Å²) in [5.74, 6) is 0.361. The molecule has 0 spiro atoms. The van der Waals surface area contributed by atoms with Crippen molar-refractivity contribution in [2.75, 3.05) is 18.9 Å². The molecule has 1 saturated heterocycles. The van der Waals surface area contributed by atoms with Crippen molar-refractivity contribution in [1.29, 1.82) is 0 Å². The minimum atomic E-state index is -0.869. The van der Waals surface area contributed by atoms with Gasteiger partial charge in [0.1, 0.15) is 17.6 Å². The average Bonchev–Trinajstić information content (AvgIpc) is 3.63. The van der Waals surface area contributed by atoms with Gasteiger partial charge in [0.2, 0.25) is 11.8 Å². The molecule has 1 fully saturated rings. The number of carbonyl (C=O) groups excluding carboxylic acids is 3. The average molecular weight is 496 g/mol. The molecule has 182 valence electrons. The minimum Gasteiger partial charge on any atom is -0.467 e. The molecular formula is C24H25N5O5S. The molecule has 3 aliphatic rings. The van der Waals surface area contributed by atoms with Gasteiger partial charge in [-0.15, -0.1) is 0 Å². The Hall–Kier alpha value is -3.44. The fourth-order valence-corrected chi connectivity index (χ4v) is 4.92. The number of carbonyl (C=O) groups is 3. The first-order chi connectivity index (χ1) is 17.1. The Balaban J connectivity index is 1.25. The predicted molar refractivity (Wildman–Crippen MR) is 130 cm³/mol. The van der Waals surface area contributed by atoms with Gasteiger partial charge in [-0.1, -0.05) is 23.9 Å². The third-order valence-corrected chi connectivity index (χ3v) is 6.79. The van der Waals surface area contributed by atoms with Crippen LogP contribution in [0, 0.1) is 0 Å². The standard InChI is InChI=1S/C24H25N5O5S/c30-20(25-12-15-5-3-9-33-15)11-19-23(32)29-22(27-19)17-7-1-2-8-18(17)28-24(29)35-14-21(31)26-13-16-6-4-10-34-16/h1-3,5,7-9,16,19H,4,6,10-14H2,(H,25,30)(H,26,31)/t16-,19+/m1/s1. The number of ether oxygens (including phenoxy) is 1. The lowest BCUT2D eigenvalue weighted by molar-refractivity contribution is -0.128. The van der Waals surface area contributed by atoms with E-state index in [9.17, 15) is 14.4 Å². The molecule has 0 aliphatic carbocycles. The van der Waals surface area contributed by atoms with Crippen LogP contribution in [0.4, 0.5) is 5.69 Å². The largest absolute Gasteiger partial charge is 0.467 e. The van der Waals surface area contributed by atoms with Crippen molar-refractivity contribution in [3.05, 3.63) is 54.0 Å². The van der Waals surface area contributed by atoms with Gasteiger partial charge in [0.15, 0.2) is 5.17 Å². The number of thioether (sulfide) groups is 1. The summed E-state index contributed by atoms with van der Waals surface area (Å²) < 4.78 is 10.8. The van der Waals surface area contributed by atoms with Gasteiger partial charge < -0.3 is 19.8 Å². The molecular weight excluding hydrogens is 470 g/mol. The number of para-hydroxylation sites is 1. The van der Waals surface area contributed by atoms with Gasteiger partial charge in [-0.3, -0.25) is 19.4 Å². The summed E-state index contributed by atoms with van der Waals surface area (Å²) in [6.07, 6.45) is 3.44. The topological polar surface area (TPSA) is 126 Å². The van der Waals surface area contributed by atoms with Crippen LogP contribution >= 0.6 is 11.8 Å². The van der Waals surface area contributed by atoms with E-state index in [1.807, 2.05) is 24.3 Å². The molecule has 2 atom stereocenters. The molecule has 3 amide bonds. The van der Waals surface area contributed by atoms with Crippen molar-refractivity contribution in [2.24, 2.45) is 9.98 Å². The van der Waals surface area contributed by atoms with Crippen LogP contribution < -0.4 is 10.6 Å². The highest BCUT2D eigenvalue weighted by atomic mass is 32.2. The van der Waals surface area contributed by atoms with Gasteiger partial charge in [0, 0.05) is 18.7 Å². The number of nitrogens with one attached hydrogen (secondary N) is 2. The normalized spacial score (nSPS) is 20.7. The number of rotatable bonds is 8. The Bertz CT molecular complexity index is 1170. The van der Waals surface area contributed by atoms with Crippen LogP contribution in [0.2, 0.25) is 0 Å². The van der Waals surface area contributed by atoms with E-state index < -0.39 is 6.04 Å². The zero-order chi connectivity index (χ0) is 24.2. The van der Waals surface area contributed by atoms with E-state index in [0.29, 0.717) is 34.6 Å². The van der Waals surface area contributed by atoms with Crippen LogP contribution in [-0.2, 0) is 25.7 Å². The number of benzene rings is 1. The van der Waals surface area contributed by atoms with Gasteiger partial charge >= 0.3 is 0 Å². The second-order valence-electron chi connectivity index (χ2n) is 8.34. The lowest BCUT2D eigenvalue weighted by Gasteiger charge is -2.25. The summed E-state index contributed by atoms with van der Waals surface area (Å²) in [4.78, 5) is 48.8. The Morgan fingerprint density at radius 2 is 2.03 bits per heavy atom. The Morgan fingerprint density at radius 1 is 1.14 bits per heavy atom. The number of amidine groups is 2. The van der Waals surface area contributed by atoms with Gasteiger partial charge in [0.25, 0.3) is 5.91 Å². The zero-order valence-electron chi connectivity index (χ0n) is 18.9. The van der Waals surface area contributed by atoms with Crippen molar-refractivity contribution >= 4 is 46.2 Å². The summed E-state index contributed by atoms with van der Waals surface area (Å²) in [5.41, 5.74) is 1.38. The molecule has 35 heavy (non-hydrogen) atoms. The smallest absolute Gasteiger partial charge is 0.259 e. The molecule has 1 aromatic heterocycles. The van der Waals surface area contributed by atoms with Gasteiger partial charge in [-0.25, -0.2) is 9.89 Å². The molecule has 0 bridgehead atoms. The first kappa shape index (κ1) is 23.3. The van der Waals surface area contributed by atoms with Crippen LogP contribution in [0.5, 0.6) is 0 Å².